The van der Waals surface area contributed by atoms with Crippen LogP contribution >= 0.6 is 0 Å². The minimum Gasteiger partial charge on any atom is -0.435 e. The number of ether oxygens (including phenoxy) is 1. The number of carbonyl (C=O) groups excluding carboxylic acids is 1. The molecule has 0 unspecified atom stereocenters. The summed E-state index contributed by atoms with van der Waals surface area (Å²) in [6, 6.07) is 13.3. The van der Waals surface area contributed by atoms with E-state index in [2.05, 4.69) is 26.9 Å². The first-order valence-corrected chi connectivity index (χ1v) is 8.41. The molecule has 0 bridgehead atoms. The van der Waals surface area contributed by atoms with Crippen molar-refractivity contribution in [3.63, 3.8) is 0 Å². The minimum atomic E-state index is -2.92. The fraction of sp³-hybridized carbons (Fsp3) is 0.316. The Morgan fingerprint density at radius 3 is 2.42 bits per heavy atom. The van der Waals surface area contributed by atoms with Crippen molar-refractivity contribution in [2.45, 2.75) is 6.61 Å². The molecular weight excluding hydrogens is 340 g/mol. The van der Waals surface area contributed by atoms with Crippen LogP contribution in [0.1, 0.15) is 10.4 Å². The Morgan fingerprint density at radius 1 is 1.08 bits per heavy atom. The normalized spacial score (nSPS) is 15.2. The molecule has 2 aromatic rings. The second-order valence-electron chi connectivity index (χ2n) is 6.20. The molecule has 0 saturated carbocycles. The van der Waals surface area contributed by atoms with Gasteiger partial charge in [0.05, 0.1) is 0 Å². The number of alkyl halides is 2. The zero-order valence-corrected chi connectivity index (χ0v) is 14.5. The Kier molecular flexibility index (Phi) is 5.68. The number of hydrogen-bond acceptors (Lipinski definition) is 4. The number of anilines is 2. The summed E-state index contributed by atoms with van der Waals surface area (Å²) in [5.41, 5.74) is 2.02. The van der Waals surface area contributed by atoms with Crippen molar-refractivity contribution in [3.05, 3.63) is 54.1 Å². The third kappa shape index (κ3) is 4.70. The first-order valence-electron chi connectivity index (χ1n) is 8.41. The van der Waals surface area contributed by atoms with Crippen molar-refractivity contribution >= 4 is 17.3 Å². The van der Waals surface area contributed by atoms with E-state index in [1.165, 1.54) is 18.2 Å². The van der Waals surface area contributed by atoms with Crippen LogP contribution in [0.4, 0.5) is 20.2 Å². The van der Waals surface area contributed by atoms with E-state index in [0.717, 1.165) is 31.9 Å². The van der Waals surface area contributed by atoms with E-state index in [0.29, 0.717) is 5.69 Å². The number of nitrogens with zero attached hydrogens (tertiary/aromatic N) is 2. The minimum absolute atomic E-state index is 0.0435. The summed E-state index contributed by atoms with van der Waals surface area (Å²) in [4.78, 5) is 16.9. The van der Waals surface area contributed by atoms with E-state index in [4.69, 9.17) is 0 Å². The van der Waals surface area contributed by atoms with Crippen molar-refractivity contribution in [2.75, 3.05) is 43.4 Å². The molecule has 1 aliphatic rings. The van der Waals surface area contributed by atoms with Gasteiger partial charge in [0, 0.05) is 43.1 Å². The van der Waals surface area contributed by atoms with Crippen LogP contribution in [-0.2, 0) is 0 Å². The van der Waals surface area contributed by atoms with Gasteiger partial charge in [-0.25, -0.2) is 0 Å². The molecule has 1 saturated heterocycles. The summed E-state index contributed by atoms with van der Waals surface area (Å²) in [6.07, 6.45) is 0. The van der Waals surface area contributed by atoms with Crippen molar-refractivity contribution in [2.24, 2.45) is 0 Å². The van der Waals surface area contributed by atoms with Gasteiger partial charge in [0.15, 0.2) is 0 Å². The number of carbonyl (C=O) groups is 1. The van der Waals surface area contributed by atoms with Gasteiger partial charge in [0.25, 0.3) is 5.91 Å². The average Bonchev–Trinajstić information content (AvgIpc) is 2.63. The SMILES string of the molecule is CN1CCN(c2ccc(NC(=O)c3cccc(OC(F)F)c3)cc2)CC1. The number of piperazine rings is 1. The lowest BCUT2D eigenvalue weighted by Crippen LogP contribution is -2.44. The van der Waals surface area contributed by atoms with Crippen molar-refractivity contribution in [3.8, 4) is 5.75 Å². The van der Waals surface area contributed by atoms with E-state index in [1.807, 2.05) is 24.3 Å². The molecule has 5 nitrogen and oxygen atoms in total. The zero-order valence-electron chi connectivity index (χ0n) is 14.5. The number of benzene rings is 2. The molecule has 0 spiro atoms. The summed E-state index contributed by atoms with van der Waals surface area (Å²) in [5, 5.41) is 2.77. The molecule has 1 aliphatic heterocycles. The number of amides is 1. The van der Waals surface area contributed by atoms with Gasteiger partial charge in [-0.3, -0.25) is 4.79 Å². The fourth-order valence-corrected chi connectivity index (χ4v) is 2.84. The van der Waals surface area contributed by atoms with Gasteiger partial charge >= 0.3 is 6.61 Å². The molecule has 0 aliphatic carbocycles. The lowest BCUT2D eigenvalue weighted by Gasteiger charge is -2.34. The molecule has 0 aromatic heterocycles. The van der Waals surface area contributed by atoms with Crippen LogP contribution in [0, 0.1) is 0 Å². The van der Waals surface area contributed by atoms with Gasteiger partial charge < -0.3 is 19.9 Å². The van der Waals surface area contributed by atoms with Crippen molar-refractivity contribution < 1.29 is 18.3 Å². The lowest BCUT2D eigenvalue weighted by atomic mass is 10.2. The average molecular weight is 361 g/mol. The topological polar surface area (TPSA) is 44.8 Å². The van der Waals surface area contributed by atoms with E-state index in [1.54, 1.807) is 6.07 Å². The maximum atomic E-state index is 12.3. The maximum Gasteiger partial charge on any atom is 0.387 e. The summed E-state index contributed by atoms with van der Waals surface area (Å²) >= 11 is 0. The molecule has 0 radical (unpaired) electrons. The quantitative estimate of drug-likeness (QED) is 0.888. The number of rotatable bonds is 5. The Hall–Kier alpha value is -2.67. The molecule has 1 fully saturated rings. The predicted octanol–water partition coefficient (Wildman–Crippen LogP) is 3.29. The highest BCUT2D eigenvalue weighted by Crippen LogP contribution is 2.21. The number of nitrogens with one attached hydrogen (secondary N) is 1. The summed E-state index contributed by atoms with van der Waals surface area (Å²) < 4.78 is 28.9. The van der Waals surface area contributed by atoms with Gasteiger partial charge in [-0.2, -0.15) is 8.78 Å². The van der Waals surface area contributed by atoms with Gasteiger partial charge in [0.2, 0.25) is 0 Å². The van der Waals surface area contributed by atoms with Gasteiger partial charge in [-0.05, 0) is 49.5 Å². The second-order valence-corrected chi connectivity index (χ2v) is 6.20. The second kappa shape index (κ2) is 8.14. The maximum absolute atomic E-state index is 12.3. The van der Waals surface area contributed by atoms with Gasteiger partial charge in [-0.1, -0.05) is 6.07 Å². The first-order chi connectivity index (χ1) is 12.5. The van der Waals surface area contributed by atoms with Gasteiger partial charge in [-0.15, -0.1) is 0 Å². The molecule has 0 atom stereocenters. The number of halogens is 2. The van der Waals surface area contributed by atoms with E-state index in [-0.39, 0.29) is 17.2 Å². The van der Waals surface area contributed by atoms with Gasteiger partial charge in [0.1, 0.15) is 5.75 Å². The van der Waals surface area contributed by atoms with E-state index in [9.17, 15) is 13.6 Å². The Labute approximate surface area is 151 Å². The summed E-state index contributed by atoms with van der Waals surface area (Å²) in [6.45, 7) is 1.07. The predicted molar refractivity (Wildman–Crippen MR) is 97.2 cm³/mol. The van der Waals surface area contributed by atoms with Crippen LogP contribution < -0.4 is 15.0 Å². The molecule has 138 valence electrons. The third-order valence-electron chi connectivity index (χ3n) is 4.31. The molecular formula is C19H21F2N3O2. The Morgan fingerprint density at radius 2 is 1.77 bits per heavy atom. The van der Waals surface area contributed by atoms with E-state index < -0.39 is 6.61 Å². The first kappa shape index (κ1) is 18.1. The standard InChI is InChI=1S/C19H21F2N3O2/c1-23-9-11-24(12-10-23)16-7-5-15(6-8-16)22-18(25)14-3-2-4-17(13-14)26-19(20)21/h2-8,13,19H,9-12H2,1H3,(H,22,25). The van der Waals surface area contributed by atoms with Crippen LogP contribution in [0.5, 0.6) is 5.75 Å². The number of hydrogen-bond donors (Lipinski definition) is 1. The summed E-state index contributed by atoms with van der Waals surface area (Å²) in [7, 11) is 2.11. The van der Waals surface area contributed by atoms with Crippen molar-refractivity contribution in [1.82, 2.24) is 4.90 Å². The van der Waals surface area contributed by atoms with Crippen LogP contribution in [-0.4, -0.2) is 50.6 Å². The zero-order chi connectivity index (χ0) is 18.5. The molecule has 7 heteroatoms. The van der Waals surface area contributed by atoms with Crippen LogP contribution in [0.2, 0.25) is 0 Å². The molecule has 26 heavy (non-hydrogen) atoms. The molecule has 1 N–H and O–H groups in total. The number of likely N-dealkylation sites (N-methyl/N-ethyl adjacent to an activating group) is 1. The summed E-state index contributed by atoms with van der Waals surface area (Å²) in [5.74, 6) is -0.421. The Bertz CT molecular complexity index is 745. The fourth-order valence-electron chi connectivity index (χ4n) is 2.84. The monoisotopic (exact) mass is 361 g/mol. The molecule has 1 amide bonds. The highest BCUT2D eigenvalue weighted by atomic mass is 19.3. The van der Waals surface area contributed by atoms with E-state index >= 15 is 0 Å². The molecule has 3 rings (SSSR count). The highest BCUT2D eigenvalue weighted by Gasteiger charge is 2.14. The molecule has 1 heterocycles. The van der Waals surface area contributed by atoms with Crippen molar-refractivity contribution in [1.29, 1.82) is 0 Å². The largest absolute Gasteiger partial charge is 0.435 e. The smallest absolute Gasteiger partial charge is 0.387 e. The van der Waals surface area contributed by atoms with Crippen LogP contribution in [0.3, 0.4) is 0 Å². The van der Waals surface area contributed by atoms with Crippen LogP contribution in [0.15, 0.2) is 48.5 Å². The molecule has 2 aromatic carbocycles. The highest BCUT2D eigenvalue weighted by molar-refractivity contribution is 6.04. The third-order valence-corrected chi connectivity index (χ3v) is 4.31. The Balaban J connectivity index is 1.63. The lowest BCUT2D eigenvalue weighted by molar-refractivity contribution is -0.0498. The van der Waals surface area contributed by atoms with Crippen LogP contribution in [0.25, 0.3) is 0 Å².